The molecule has 2 aliphatic heterocycles. The number of nitrogens with one attached hydrogen (secondary N) is 1. The number of likely N-dealkylation sites (N-methyl/N-ethyl adjacent to an activating group) is 1. The van der Waals surface area contributed by atoms with Crippen molar-refractivity contribution in [2.45, 2.75) is 37.6 Å². The molecule has 3 aliphatic rings. The minimum atomic E-state index is 0.0676. The Balaban J connectivity index is 1.27. The van der Waals surface area contributed by atoms with Gasteiger partial charge in [0.05, 0.1) is 29.7 Å². The number of fused-ring (bicyclic) bond motifs is 4. The molecule has 166 valence electrons. The van der Waals surface area contributed by atoms with Gasteiger partial charge in [-0.3, -0.25) is 4.99 Å². The maximum Gasteiger partial charge on any atom is 0.230 e. The van der Waals surface area contributed by atoms with E-state index in [1.54, 1.807) is 0 Å². The first-order valence-corrected chi connectivity index (χ1v) is 11.8. The molecule has 8 heteroatoms. The molecule has 8 nitrogen and oxygen atoms in total. The van der Waals surface area contributed by atoms with Crippen molar-refractivity contribution in [1.29, 1.82) is 0 Å². The van der Waals surface area contributed by atoms with Gasteiger partial charge in [0.1, 0.15) is 11.5 Å². The zero-order chi connectivity index (χ0) is 21.5. The molecule has 0 radical (unpaired) electrons. The van der Waals surface area contributed by atoms with Crippen LogP contribution in [0.2, 0.25) is 0 Å². The lowest BCUT2D eigenvalue weighted by Gasteiger charge is -2.40. The molecule has 3 aromatic heterocycles. The van der Waals surface area contributed by atoms with Crippen LogP contribution in [0.15, 0.2) is 35.6 Å². The normalized spacial score (nSPS) is 20.6. The lowest BCUT2D eigenvalue weighted by Crippen LogP contribution is -2.44. The third kappa shape index (κ3) is 3.43. The van der Waals surface area contributed by atoms with Crippen LogP contribution in [0.1, 0.15) is 37.8 Å². The number of anilines is 3. The summed E-state index contributed by atoms with van der Waals surface area (Å²) in [4.78, 5) is 23.6. The fourth-order valence-corrected chi connectivity index (χ4v) is 5.46. The van der Waals surface area contributed by atoms with Crippen LogP contribution in [0, 0.1) is 0 Å². The zero-order valence-electron chi connectivity index (χ0n) is 18.7. The van der Waals surface area contributed by atoms with Gasteiger partial charge in [-0.1, -0.05) is 19.3 Å². The quantitative estimate of drug-likeness (QED) is 0.686. The molecule has 1 spiro atoms. The Labute approximate surface area is 188 Å². The topological polar surface area (TPSA) is 74.5 Å². The Morgan fingerprint density at radius 1 is 0.969 bits per heavy atom. The van der Waals surface area contributed by atoms with Gasteiger partial charge in [0.15, 0.2) is 0 Å². The van der Waals surface area contributed by atoms with Crippen LogP contribution in [0.3, 0.4) is 0 Å². The Hall–Kier alpha value is -3.00. The summed E-state index contributed by atoms with van der Waals surface area (Å²) in [7, 11) is 2.17. The molecule has 0 atom stereocenters. The first kappa shape index (κ1) is 19.7. The lowest BCUT2D eigenvalue weighted by molar-refractivity contribution is 0.204. The summed E-state index contributed by atoms with van der Waals surface area (Å²) in [5.41, 5.74) is 3.38. The Bertz CT molecular complexity index is 1130. The van der Waals surface area contributed by atoms with Gasteiger partial charge in [0, 0.05) is 44.0 Å². The summed E-state index contributed by atoms with van der Waals surface area (Å²) >= 11 is 0. The van der Waals surface area contributed by atoms with Crippen molar-refractivity contribution in [2.24, 2.45) is 4.99 Å². The lowest BCUT2D eigenvalue weighted by atomic mass is 9.80. The predicted molar refractivity (Wildman–Crippen MR) is 128 cm³/mol. The maximum atomic E-state index is 4.94. The van der Waals surface area contributed by atoms with Crippen molar-refractivity contribution in [3.63, 3.8) is 0 Å². The van der Waals surface area contributed by atoms with Crippen LogP contribution in [-0.2, 0) is 5.54 Å². The van der Waals surface area contributed by atoms with Crippen molar-refractivity contribution >= 4 is 34.7 Å². The summed E-state index contributed by atoms with van der Waals surface area (Å²) in [6.07, 6.45) is 12.0. The number of piperazine rings is 1. The average Bonchev–Trinajstić information content (AvgIpc) is 3.20. The Morgan fingerprint density at radius 3 is 2.59 bits per heavy atom. The van der Waals surface area contributed by atoms with Crippen LogP contribution in [0.4, 0.5) is 17.5 Å². The molecule has 32 heavy (non-hydrogen) atoms. The Kier molecular flexibility index (Phi) is 4.82. The van der Waals surface area contributed by atoms with E-state index in [1.807, 2.05) is 24.7 Å². The standard InChI is InChI=1S/C24H30N8/c1-30-9-11-31(12-10-30)19-5-6-21(26-16-19)28-23-27-14-18-13-20-15-25-17-24(7-3-2-4-8-24)32(20)22(18)29-23/h5-6,13-16H,2-4,7-12,17H2,1H3,(H,26,27,28,29). The van der Waals surface area contributed by atoms with Gasteiger partial charge in [-0.15, -0.1) is 0 Å². The number of aromatic nitrogens is 4. The van der Waals surface area contributed by atoms with Gasteiger partial charge >= 0.3 is 0 Å². The first-order valence-electron chi connectivity index (χ1n) is 11.8. The van der Waals surface area contributed by atoms with E-state index in [0.717, 1.165) is 55.3 Å². The molecule has 2 fully saturated rings. The second-order valence-electron chi connectivity index (χ2n) is 9.45. The molecule has 0 bridgehead atoms. The van der Waals surface area contributed by atoms with Gasteiger partial charge in [-0.25, -0.2) is 9.97 Å². The monoisotopic (exact) mass is 430 g/mol. The molecule has 1 N–H and O–H groups in total. The number of nitrogens with zero attached hydrogens (tertiary/aromatic N) is 7. The van der Waals surface area contributed by atoms with E-state index < -0.39 is 0 Å². The molecule has 1 saturated heterocycles. The SMILES string of the molecule is CN1CCN(c2ccc(Nc3ncc4cc5n(c4n3)C3(CCCCC3)CN=C5)nc2)CC1. The number of aliphatic imine (C=N–C) groups is 1. The van der Waals surface area contributed by atoms with Gasteiger partial charge in [-0.2, -0.15) is 4.98 Å². The molecule has 5 heterocycles. The average molecular weight is 431 g/mol. The van der Waals surface area contributed by atoms with Gasteiger partial charge in [0.2, 0.25) is 5.95 Å². The summed E-state index contributed by atoms with van der Waals surface area (Å²) < 4.78 is 2.44. The van der Waals surface area contributed by atoms with E-state index >= 15 is 0 Å². The third-order valence-corrected chi connectivity index (χ3v) is 7.29. The minimum absolute atomic E-state index is 0.0676. The highest BCUT2D eigenvalue weighted by Crippen LogP contribution is 2.40. The smallest absolute Gasteiger partial charge is 0.230 e. The molecule has 0 amide bonds. The van der Waals surface area contributed by atoms with Crippen LogP contribution in [0.5, 0.6) is 0 Å². The highest BCUT2D eigenvalue weighted by molar-refractivity contribution is 5.90. The van der Waals surface area contributed by atoms with Gasteiger partial charge in [0.25, 0.3) is 0 Å². The van der Waals surface area contributed by atoms with Crippen molar-refractivity contribution in [2.75, 3.05) is 50.0 Å². The van der Waals surface area contributed by atoms with E-state index in [-0.39, 0.29) is 5.54 Å². The Morgan fingerprint density at radius 2 is 1.81 bits per heavy atom. The second-order valence-corrected chi connectivity index (χ2v) is 9.45. The molecule has 0 unspecified atom stereocenters. The van der Waals surface area contributed by atoms with Crippen molar-refractivity contribution < 1.29 is 0 Å². The highest BCUT2D eigenvalue weighted by atomic mass is 15.3. The molecular weight excluding hydrogens is 400 g/mol. The second kappa shape index (κ2) is 7.85. The van der Waals surface area contributed by atoms with E-state index in [1.165, 1.54) is 37.8 Å². The number of rotatable bonds is 3. The third-order valence-electron chi connectivity index (χ3n) is 7.29. The number of hydrogen-bond acceptors (Lipinski definition) is 7. The first-order chi connectivity index (χ1) is 15.7. The fraction of sp³-hybridized carbons (Fsp3) is 0.500. The van der Waals surface area contributed by atoms with Crippen molar-refractivity contribution in [3.8, 4) is 0 Å². The number of hydrogen-bond donors (Lipinski definition) is 1. The summed E-state index contributed by atoms with van der Waals surface area (Å²) in [5.74, 6) is 1.35. The van der Waals surface area contributed by atoms with Gasteiger partial charge in [-0.05, 0) is 38.1 Å². The molecule has 3 aromatic rings. The van der Waals surface area contributed by atoms with Crippen LogP contribution < -0.4 is 10.2 Å². The van der Waals surface area contributed by atoms with Crippen LogP contribution in [-0.4, -0.2) is 70.4 Å². The molecule has 1 aliphatic carbocycles. The zero-order valence-corrected chi connectivity index (χ0v) is 18.7. The van der Waals surface area contributed by atoms with Crippen molar-refractivity contribution in [1.82, 2.24) is 24.4 Å². The van der Waals surface area contributed by atoms with Gasteiger partial charge < -0.3 is 19.7 Å². The summed E-state index contributed by atoms with van der Waals surface area (Å²) in [5, 5.41) is 4.39. The predicted octanol–water partition coefficient (Wildman–Crippen LogP) is 3.41. The van der Waals surface area contributed by atoms with Crippen LogP contribution in [0.25, 0.3) is 11.0 Å². The van der Waals surface area contributed by atoms with E-state index in [9.17, 15) is 0 Å². The molecular formula is C24H30N8. The highest BCUT2D eigenvalue weighted by Gasteiger charge is 2.38. The minimum Gasteiger partial charge on any atom is -0.368 e. The fourth-order valence-electron chi connectivity index (χ4n) is 5.46. The van der Waals surface area contributed by atoms with E-state index in [4.69, 9.17) is 9.98 Å². The largest absolute Gasteiger partial charge is 0.368 e. The summed E-state index contributed by atoms with van der Waals surface area (Å²) in [6.45, 7) is 5.10. The maximum absolute atomic E-state index is 4.94. The van der Waals surface area contributed by atoms with Crippen molar-refractivity contribution in [3.05, 3.63) is 36.3 Å². The molecule has 1 saturated carbocycles. The number of pyridine rings is 1. The molecule has 6 rings (SSSR count). The van der Waals surface area contributed by atoms with E-state index in [0.29, 0.717) is 5.95 Å². The van der Waals surface area contributed by atoms with Crippen LogP contribution >= 0.6 is 0 Å². The summed E-state index contributed by atoms with van der Waals surface area (Å²) in [6, 6.07) is 6.32. The van der Waals surface area contributed by atoms with E-state index in [2.05, 4.69) is 48.8 Å². The molecule has 0 aromatic carbocycles.